The van der Waals surface area contributed by atoms with E-state index < -0.39 is 17.5 Å². The molecule has 2 atom stereocenters. The minimum absolute atomic E-state index is 0.421. The van der Waals surface area contributed by atoms with Crippen molar-refractivity contribution in [2.45, 2.75) is 31.9 Å². The number of halogens is 1. The molecule has 0 saturated heterocycles. The van der Waals surface area contributed by atoms with Crippen molar-refractivity contribution in [3.63, 3.8) is 0 Å². The summed E-state index contributed by atoms with van der Waals surface area (Å²) < 4.78 is 13.0. The molecule has 1 aromatic rings. The number of hydrogen-bond donors (Lipinski definition) is 1. The van der Waals surface area contributed by atoms with Crippen LogP contribution in [0.1, 0.15) is 31.9 Å². The van der Waals surface area contributed by atoms with Crippen LogP contribution in [0.3, 0.4) is 0 Å². The molecular formula is C12H19FN2O. The first-order valence-electron chi connectivity index (χ1n) is 5.37. The van der Waals surface area contributed by atoms with Crippen molar-refractivity contribution in [1.82, 2.24) is 9.88 Å². The number of aliphatic hydroxyl groups is 1. The van der Waals surface area contributed by atoms with E-state index in [1.807, 2.05) is 32.8 Å². The summed E-state index contributed by atoms with van der Waals surface area (Å²) in [5.41, 5.74) is 0.0909. The van der Waals surface area contributed by atoms with Crippen LogP contribution >= 0.6 is 0 Å². The summed E-state index contributed by atoms with van der Waals surface area (Å²) in [5, 5.41) is 10.3. The first-order valence-corrected chi connectivity index (χ1v) is 5.37. The van der Waals surface area contributed by atoms with Gasteiger partial charge in [0.05, 0.1) is 12.3 Å². The molecule has 3 nitrogen and oxygen atoms in total. The Morgan fingerprint density at radius 1 is 1.50 bits per heavy atom. The SMILES string of the molecule is CCC(C)(C(O)c1cncc(F)c1)N(C)C. The standard InChI is InChI=1S/C12H19FN2O/c1-5-12(2,15(3)4)11(16)9-6-10(13)8-14-7-9/h6-8,11,16H,5H2,1-4H3. The van der Waals surface area contributed by atoms with Crippen LogP contribution in [0.2, 0.25) is 0 Å². The van der Waals surface area contributed by atoms with Crippen molar-refractivity contribution < 1.29 is 9.50 Å². The number of hydrogen-bond acceptors (Lipinski definition) is 3. The van der Waals surface area contributed by atoms with Gasteiger partial charge in [0.1, 0.15) is 5.82 Å². The van der Waals surface area contributed by atoms with Gasteiger partial charge in [-0.25, -0.2) is 4.39 Å². The second kappa shape index (κ2) is 4.89. The van der Waals surface area contributed by atoms with Crippen molar-refractivity contribution in [3.05, 3.63) is 29.8 Å². The van der Waals surface area contributed by atoms with Crippen LogP contribution in [0, 0.1) is 5.82 Å². The maximum Gasteiger partial charge on any atom is 0.141 e. The Hall–Kier alpha value is -1.00. The Labute approximate surface area is 95.9 Å². The van der Waals surface area contributed by atoms with Gasteiger partial charge in [-0.3, -0.25) is 4.98 Å². The number of aliphatic hydroxyl groups excluding tert-OH is 1. The van der Waals surface area contributed by atoms with Crippen molar-refractivity contribution in [2.75, 3.05) is 14.1 Å². The molecule has 0 aliphatic carbocycles. The fourth-order valence-electron chi connectivity index (χ4n) is 1.69. The summed E-state index contributed by atoms with van der Waals surface area (Å²) in [5.74, 6) is -0.422. The summed E-state index contributed by atoms with van der Waals surface area (Å²) in [6, 6.07) is 1.33. The van der Waals surface area contributed by atoms with Crippen LogP contribution in [0.15, 0.2) is 18.5 Å². The summed E-state index contributed by atoms with van der Waals surface area (Å²) >= 11 is 0. The predicted molar refractivity (Wildman–Crippen MR) is 61.5 cm³/mol. The minimum atomic E-state index is -0.754. The Kier molecular flexibility index (Phi) is 3.99. The third-order valence-corrected chi connectivity index (χ3v) is 3.37. The zero-order valence-corrected chi connectivity index (χ0v) is 10.2. The minimum Gasteiger partial charge on any atom is -0.386 e. The molecule has 0 fully saturated rings. The molecule has 16 heavy (non-hydrogen) atoms. The van der Waals surface area contributed by atoms with Gasteiger partial charge in [0.15, 0.2) is 0 Å². The summed E-state index contributed by atoms with van der Waals surface area (Å²) in [6.07, 6.45) is 2.65. The molecule has 2 unspecified atom stereocenters. The van der Waals surface area contributed by atoms with E-state index >= 15 is 0 Å². The maximum atomic E-state index is 13.0. The van der Waals surface area contributed by atoms with E-state index in [4.69, 9.17) is 0 Å². The third-order valence-electron chi connectivity index (χ3n) is 3.37. The molecule has 1 aromatic heterocycles. The molecule has 0 aromatic carbocycles. The van der Waals surface area contributed by atoms with Crippen LogP contribution in [0.5, 0.6) is 0 Å². The highest BCUT2D eigenvalue weighted by Gasteiger charge is 2.34. The Morgan fingerprint density at radius 3 is 2.56 bits per heavy atom. The number of pyridine rings is 1. The normalized spacial score (nSPS) is 17.2. The van der Waals surface area contributed by atoms with Gasteiger partial charge in [0.2, 0.25) is 0 Å². The zero-order chi connectivity index (χ0) is 12.3. The Bertz CT molecular complexity index is 357. The number of nitrogens with zero attached hydrogens (tertiary/aromatic N) is 2. The largest absolute Gasteiger partial charge is 0.386 e. The summed E-state index contributed by atoms with van der Waals surface area (Å²) in [7, 11) is 3.80. The highest BCUT2D eigenvalue weighted by molar-refractivity contribution is 5.17. The quantitative estimate of drug-likeness (QED) is 0.853. The van der Waals surface area contributed by atoms with E-state index in [9.17, 15) is 9.50 Å². The van der Waals surface area contributed by atoms with E-state index in [2.05, 4.69) is 4.98 Å². The van der Waals surface area contributed by atoms with Gasteiger partial charge in [-0.2, -0.15) is 0 Å². The molecule has 90 valence electrons. The fourth-order valence-corrected chi connectivity index (χ4v) is 1.69. The third kappa shape index (κ3) is 2.39. The van der Waals surface area contributed by atoms with Crippen molar-refractivity contribution in [1.29, 1.82) is 0 Å². The molecular weight excluding hydrogens is 207 g/mol. The highest BCUT2D eigenvalue weighted by atomic mass is 19.1. The number of aromatic nitrogens is 1. The van der Waals surface area contributed by atoms with Gasteiger partial charge in [0.25, 0.3) is 0 Å². The van der Waals surface area contributed by atoms with E-state index in [-0.39, 0.29) is 0 Å². The average Bonchev–Trinajstić information content (AvgIpc) is 2.26. The molecule has 0 bridgehead atoms. The van der Waals surface area contributed by atoms with Gasteiger partial charge in [-0.05, 0) is 33.5 Å². The zero-order valence-electron chi connectivity index (χ0n) is 10.2. The molecule has 1 heterocycles. The summed E-state index contributed by atoms with van der Waals surface area (Å²) in [4.78, 5) is 5.71. The van der Waals surface area contributed by atoms with Crippen molar-refractivity contribution in [2.24, 2.45) is 0 Å². The van der Waals surface area contributed by atoms with Gasteiger partial charge in [-0.1, -0.05) is 6.92 Å². The molecule has 0 spiro atoms. The predicted octanol–water partition coefficient (Wildman–Crippen LogP) is 1.98. The van der Waals surface area contributed by atoms with Crippen molar-refractivity contribution in [3.8, 4) is 0 Å². The molecule has 0 aliphatic heterocycles. The Morgan fingerprint density at radius 2 is 2.12 bits per heavy atom. The lowest BCUT2D eigenvalue weighted by Gasteiger charge is -2.40. The molecule has 4 heteroatoms. The van der Waals surface area contributed by atoms with Crippen LogP contribution in [-0.2, 0) is 0 Å². The first-order chi connectivity index (χ1) is 7.41. The van der Waals surface area contributed by atoms with Gasteiger partial charge < -0.3 is 10.0 Å². The van der Waals surface area contributed by atoms with Gasteiger partial charge in [0, 0.05) is 17.3 Å². The maximum absolute atomic E-state index is 13.0. The lowest BCUT2D eigenvalue weighted by Crippen LogP contribution is -2.46. The average molecular weight is 226 g/mol. The second-order valence-electron chi connectivity index (χ2n) is 4.44. The first kappa shape index (κ1) is 13.1. The van der Waals surface area contributed by atoms with Crippen LogP contribution in [0.25, 0.3) is 0 Å². The number of rotatable bonds is 4. The topological polar surface area (TPSA) is 36.4 Å². The van der Waals surface area contributed by atoms with E-state index in [1.54, 1.807) is 0 Å². The van der Waals surface area contributed by atoms with E-state index in [0.717, 1.165) is 12.6 Å². The monoisotopic (exact) mass is 226 g/mol. The second-order valence-corrected chi connectivity index (χ2v) is 4.44. The van der Waals surface area contributed by atoms with Crippen molar-refractivity contribution >= 4 is 0 Å². The molecule has 0 aliphatic rings. The van der Waals surface area contributed by atoms with Crippen LogP contribution in [0.4, 0.5) is 4.39 Å². The lowest BCUT2D eigenvalue weighted by molar-refractivity contribution is 0.000497. The fraction of sp³-hybridized carbons (Fsp3) is 0.583. The Balaban J connectivity index is 3.04. The van der Waals surface area contributed by atoms with Crippen LogP contribution in [-0.4, -0.2) is 34.6 Å². The van der Waals surface area contributed by atoms with E-state index in [1.165, 1.54) is 12.3 Å². The molecule has 0 amide bonds. The molecule has 1 N–H and O–H groups in total. The molecule has 0 saturated carbocycles. The summed E-state index contributed by atoms with van der Waals surface area (Å²) in [6.45, 7) is 3.94. The highest BCUT2D eigenvalue weighted by Crippen LogP contribution is 2.32. The van der Waals surface area contributed by atoms with Gasteiger partial charge in [-0.15, -0.1) is 0 Å². The van der Waals surface area contributed by atoms with Gasteiger partial charge >= 0.3 is 0 Å². The smallest absolute Gasteiger partial charge is 0.141 e. The molecule has 0 radical (unpaired) electrons. The van der Waals surface area contributed by atoms with Crippen LogP contribution < -0.4 is 0 Å². The lowest BCUT2D eigenvalue weighted by atomic mass is 9.86. The molecule has 1 rings (SSSR count). The van der Waals surface area contributed by atoms with E-state index in [0.29, 0.717) is 5.56 Å². The number of likely N-dealkylation sites (N-methyl/N-ethyl adjacent to an activating group) is 1.